The lowest BCUT2D eigenvalue weighted by Crippen LogP contribution is -2.34. The van der Waals surface area contributed by atoms with Crippen LogP contribution in [0.25, 0.3) is 0 Å². The van der Waals surface area contributed by atoms with Crippen LogP contribution in [0.5, 0.6) is 0 Å². The van der Waals surface area contributed by atoms with Crippen molar-refractivity contribution in [3.8, 4) is 0 Å². The quantitative estimate of drug-likeness (QED) is 0.735. The smallest absolute Gasteiger partial charge is 0.241 e. The highest BCUT2D eigenvalue weighted by Crippen LogP contribution is 2.41. The summed E-state index contributed by atoms with van der Waals surface area (Å²) in [6, 6.07) is 0. The lowest BCUT2D eigenvalue weighted by atomic mass is 9.67. The summed E-state index contributed by atoms with van der Waals surface area (Å²) in [7, 11) is 0. The SMILES string of the molecule is CC(C)(C)C(C)(C)CCC[n+]1cc[nH]c1. The summed E-state index contributed by atoms with van der Waals surface area (Å²) in [5, 5.41) is 0. The second kappa shape index (κ2) is 4.38. The van der Waals surface area contributed by atoms with Crippen LogP contribution in [-0.2, 0) is 6.54 Å². The number of rotatable bonds is 4. The van der Waals surface area contributed by atoms with E-state index in [0.29, 0.717) is 10.8 Å². The maximum absolute atomic E-state index is 3.07. The summed E-state index contributed by atoms with van der Waals surface area (Å²) in [6.07, 6.45) is 8.59. The Morgan fingerprint density at radius 1 is 1.13 bits per heavy atom. The first-order valence-electron chi connectivity index (χ1n) is 5.85. The third-order valence-electron chi connectivity index (χ3n) is 3.85. The normalized spacial score (nSPS) is 13.1. The summed E-state index contributed by atoms with van der Waals surface area (Å²) >= 11 is 0. The van der Waals surface area contributed by atoms with Crippen molar-refractivity contribution in [1.29, 1.82) is 0 Å². The molecule has 0 aliphatic carbocycles. The first kappa shape index (κ1) is 12.3. The van der Waals surface area contributed by atoms with Crippen molar-refractivity contribution in [1.82, 2.24) is 4.98 Å². The molecule has 0 radical (unpaired) electrons. The highest BCUT2D eigenvalue weighted by molar-refractivity contribution is 4.81. The molecule has 15 heavy (non-hydrogen) atoms. The number of H-pyrrole nitrogens is 1. The first-order valence-corrected chi connectivity index (χ1v) is 5.85. The van der Waals surface area contributed by atoms with E-state index in [1.807, 2.05) is 12.5 Å². The molecule has 0 aromatic carbocycles. The average molecular weight is 209 g/mol. The van der Waals surface area contributed by atoms with Gasteiger partial charge in [-0.2, -0.15) is 0 Å². The molecule has 1 aromatic rings. The van der Waals surface area contributed by atoms with E-state index >= 15 is 0 Å². The molecular weight excluding hydrogens is 184 g/mol. The highest BCUT2D eigenvalue weighted by atomic mass is 15.0. The molecule has 1 aromatic heterocycles. The van der Waals surface area contributed by atoms with Gasteiger partial charge in [0.05, 0.1) is 6.54 Å². The standard InChI is InChI=1S/C13H24N2/c1-12(2,3)13(4,5)7-6-9-15-10-8-14-11-15/h8,10-11H,6-7,9H2,1-5H3/p+1. The Kier molecular flexibility index (Phi) is 3.58. The van der Waals surface area contributed by atoms with Gasteiger partial charge in [0.1, 0.15) is 12.4 Å². The van der Waals surface area contributed by atoms with Gasteiger partial charge in [0.15, 0.2) is 0 Å². The maximum atomic E-state index is 3.07. The number of aromatic amines is 1. The van der Waals surface area contributed by atoms with Crippen molar-refractivity contribution >= 4 is 0 Å². The maximum Gasteiger partial charge on any atom is 0.241 e. The number of nitrogens with zero attached hydrogens (tertiary/aromatic N) is 1. The Hall–Kier alpha value is -0.790. The molecule has 0 saturated heterocycles. The van der Waals surface area contributed by atoms with E-state index in [9.17, 15) is 0 Å². The van der Waals surface area contributed by atoms with Gasteiger partial charge in [-0.3, -0.25) is 4.98 Å². The van der Waals surface area contributed by atoms with Gasteiger partial charge in [-0.25, -0.2) is 4.57 Å². The minimum absolute atomic E-state index is 0.385. The van der Waals surface area contributed by atoms with E-state index in [0.717, 1.165) is 6.54 Å². The van der Waals surface area contributed by atoms with Gasteiger partial charge in [0.25, 0.3) is 0 Å². The Morgan fingerprint density at radius 3 is 2.27 bits per heavy atom. The van der Waals surface area contributed by atoms with Gasteiger partial charge in [-0.15, -0.1) is 0 Å². The molecule has 0 aliphatic rings. The molecule has 0 amide bonds. The summed E-state index contributed by atoms with van der Waals surface area (Å²) < 4.78 is 2.21. The molecule has 0 unspecified atom stereocenters. The number of hydrogen-bond acceptors (Lipinski definition) is 0. The molecule has 0 atom stereocenters. The fraction of sp³-hybridized carbons (Fsp3) is 0.769. The number of hydrogen-bond donors (Lipinski definition) is 1. The Bertz CT molecular complexity index is 278. The van der Waals surface area contributed by atoms with Gasteiger partial charge in [-0.1, -0.05) is 34.6 Å². The second-order valence-electron chi connectivity index (χ2n) is 6.09. The van der Waals surface area contributed by atoms with Crippen LogP contribution in [0, 0.1) is 10.8 Å². The number of imidazole rings is 1. The molecule has 86 valence electrons. The van der Waals surface area contributed by atoms with Crippen LogP contribution in [-0.4, -0.2) is 4.98 Å². The number of aryl methyl sites for hydroxylation is 1. The zero-order chi connectivity index (χ0) is 11.5. The molecule has 0 bridgehead atoms. The monoisotopic (exact) mass is 209 g/mol. The minimum Gasteiger partial charge on any atom is -0.250 e. The zero-order valence-corrected chi connectivity index (χ0v) is 10.8. The predicted octanol–water partition coefficient (Wildman–Crippen LogP) is 3.15. The summed E-state index contributed by atoms with van der Waals surface area (Å²) in [5.74, 6) is 0. The van der Waals surface area contributed by atoms with Crippen LogP contribution in [0.1, 0.15) is 47.5 Å². The van der Waals surface area contributed by atoms with Crippen molar-refractivity contribution in [2.75, 3.05) is 0 Å². The molecular formula is C13H25N2+. The largest absolute Gasteiger partial charge is 0.250 e. The molecule has 0 saturated carbocycles. The minimum atomic E-state index is 0.385. The van der Waals surface area contributed by atoms with Crippen molar-refractivity contribution in [3.05, 3.63) is 18.7 Å². The lowest BCUT2D eigenvalue weighted by molar-refractivity contribution is -0.696. The predicted molar refractivity (Wildman–Crippen MR) is 63.5 cm³/mol. The highest BCUT2D eigenvalue weighted by Gasteiger charge is 2.31. The van der Waals surface area contributed by atoms with E-state index < -0.39 is 0 Å². The third-order valence-corrected chi connectivity index (χ3v) is 3.85. The van der Waals surface area contributed by atoms with Crippen molar-refractivity contribution in [2.24, 2.45) is 10.8 Å². The van der Waals surface area contributed by atoms with Gasteiger partial charge < -0.3 is 0 Å². The Labute approximate surface area is 93.7 Å². The van der Waals surface area contributed by atoms with Gasteiger partial charge in [-0.05, 0) is 23.7 Å². The summed E-state index contributed by atoms with van der Waals surface area (Å²) in [4.78, 5) is 3.07. The van der Waals surface area contributed by atoms with Crippen LogP contribution in [0.2, 0.25) is 0 Å². The van der Waals surface area contributed by atoms with Gasteiger partial charge in [0, 0.05) is 0 Å². The fourth-order valence-corrected chi connectivity index (χ4v) is 1.54. The first-order chi connectivity index (χ1) is 6.83. The van der Waals surface area contributed by atoms with Gasteiger partial charge in [0.2, 0.25) is 6.33 Å². The molecule has 1 heterocycles. The molecule has 0 fully saturated rings. The fourth-order valence-electron chi connectivity index (χ4n) is 1.54. The van der Waals surface area contributed by atoms with E-state index in [1.165, 1.54) is 12.8 Å². The van der Waals surface area contributed by atoms with Crippen molar-refractivity contribution in [2.45, 2.75) is 54.0 Å². The Balaban J connectivity index is 2.37. The van der Waals surface area contributed by atoms with E-state index in [2.05, 4.69) is 50.4 Å². The van der Waals surface area contributed by atoms with Crippen molar-refractivity contribution < 1.29 is 4.57 Å². The third kappa shape index (κ3) is 3.37. The molecule has 1 rings (SSSR count). The molecule has 2 heteroatoms. The Morgan fingerprint density at radius 2 is 1.80 bits per heavy atom. The van der Waals surface area contributed by atoms with E-state index in [4.69, 9.17) is 0 Å². The van der Waals surface area contributed by atoms with Gasteiger partial charge >= 0.3 is 0 Å². The molecule has 0 aliphatic heterocycles. The topological polar surface area (TPSA) is 19.7 Å². The second-order valence-corrected chi connectivity index (χ2v) is 6.09. The van der Waals surface area contributed by atoms with Crippen LogP contribution < -0.4 is 4.57 Å². The lowest BCUT2D eigenvalue weighted by Gasteiger charge is -2.39. The molecule has 0 spiro atoms. The van der Waals surface area contributed by atoms with Crippen LogP contribution in [0.4, 0.5) is 0 Å². The zero-order valence-electron chi connectivity index (χ0n) is 10.8. The van der Waals surface area contributed by atoms with Crippen molar-refractivity contribution in [3.63, 3.8) is 0 Å². The summed E-state index contributed by atoms with van der Waals surface area (Å²) in [6.45, 7) is 12.8. The molecule has 2 nitrogen and oxygen atoms in total. The van der Waals surface area contributed by atoms with E-state index in [1.54, 1.807) is 0 Å². The molecule has 1 N–H and O–H groups in total. The summed E-state index contributed by atoms with van der Waals surface area (Å²) in [5.41, 5.74) is 0.791. The average Bonchev–Trinajstić information content (AvgIpc) is 2.54. The van der Waals surface area contributed by atoms with E-state index in [-0.39, 0.29) is 0 Å². The number of aromatic nitrogens is 2. The van der Waals surface area contributed by atoms with Crippen LogP contribution >= 0.6 is 0 Å². The number of nitrogens with one attached hydrogen (secondary N) is 1. The van der Waals surface area contributed by atoms with Crippen LogP contribution in [0.3, 0.4) is 0 Å². The van der Waals surface area contributed by atoms with Crippen LogP contribution in [0.15, 0.2) is 18.7 Å².